The number of hydrogen-bond acceptors (Lipinski definition) is 4. The van der Waals surface area contributed by atoms with Crippen LogP contribution in [0.3, 0.4) is 0 Å². The van der Waals surface area contributed by atoms with Crippen LogP contribution in [0.4, 0.5) is 4.79 Å². The largest absolute Gasteiger partial charge is 0.466 e. The molecule has 1 aromatic rings. The van der Waals surface area contributed by atoms with Crippen molar-refractivity contribution in [2.75, 3.05) is 13.7 Å². The number of carbonyl (C=O) groups excluding carboxylic acids is 2. The van der Waals surface area contributed by atoms with Gasteiger partial charge in [0.15, 0.2) is 0 Å². The van der Waals surface area contributed by atoms with Crippen LogP contribution in [0.1, 0.15) is 18.5 Å². The highest BCUT2D eigenvalue weighted by Gasteiger charge is 2.33. The SMILES string of the molecule is COC(=O)/C=C1\COC(=O)N1[C@@H](C)c1ccccc1. The first-order chi connectivity index (χ1) is 9.13. The molecule has 1 aliphatic heterocycles. The maximum atomic E-state index is 11.8. The second-order valence-corrected chi connectivity index (χ2v) is 4.17. The minimum Gasteiger partial charge on any atom is -0.466 e. The Hall–Kier alpha value is -2.30. The van der Waals surface area contributed by atoms with Crippen LogP contribution in [0.2, 0.25) is 0 Å². The third kappa shape index (κ3) is 2.76. The molecule has 1 amide bonds. The number of nitrogens with zero attached hydrogens (tertiary/aromatic N) is 1. The summed E-state index contributed by atoms with van der Waals surface area (Å²) < 4.78 is 9.55. The topological polar surface area (TPSA) is 55.8 Å². The molecule has 19 heavy (non-hydrogen) atoms. The maximum absolute atomic E-state index is 11.8. The molecule has 1 atom stereocenters. The van der Waals surface area contributed by atoms with E-state index in [4.69, 9.17) is 4.74 Å². The van der Waals surface area contributed by atoms with Crippen LogP contribution in [-0.2, 0) is 14.3 Å². The van der Waals surface area contributed by atoms with E-state index in [0.29, 0.717) is 5.70 Å². The van der Waals surface area contributed by atoms with Crippen molar-refractivity contribution in [1.82, 2.24) is 4.90 Å². The third-order valence-electron chi connectivity index (χ3n) is 3.00. The molecule has 2 rings (SSSR count). The maximum Gasteiger partial charge on any atom is 0.415 e. The van der Waals surface area contributed by atoms with Gasteiger partial charge in [0.05, 0.1) is 18.8 Å². The Bertz CT molecular complexity index is 509. The molecule has 0 spiro atoms. The van der Waals surface area contributed by atoms with Gasteiger partial charge in [-0.05, 0) is 12.5 Å². The second kappa shape index (κ2) is 5.56. The van der Waals surface area contributed by atoms with Gasteiger partial charge < -0.3 is 9.47 Å². The molecule has 5 nitrogen and oxygen atoms in total. The van der Waals surface area contributed by atoms with Gasteiger partial charge in [0.1, 0.15) is 6.61 Å². The van der Waals surface area contributed by atoms with Gasteiger partial charge in [-0.3, -0.25) is 4.90 Å². The fourth-order valence-electron chi connectivity index (χ4n) is 1.99. The van der Waals surface area contributed by atoms with Gasteiger partial charge >= 0.3 is 12.1 Å². The molecular formula is C14H15NO4. The van der Waals surface area contributed by atoms with Gasteiger partial charge in [-0.1, -0.05) is 30.3 Å². The lowest BCUT2D eigenvalue weighted by Crippen LogP contribution is -2.27. The lowest BCUT2D eigenvalue weighted by atomic mass is 10.1. The molecule has 0 aromatic heterocycles. The summed E-state index contributed by atoms with van der Waals surface area (Å²) in [4.78, 5) is 24.5. The van der Waals surface area contributed by atoms with E-state index in [9.17, 15) is 9.59 Å². The predicted octanol–water partition coefficient (Wildman–Crippen LogP) is 2.26. The molecule has 0 aliphatic carbocycles. The molecule has 1 fully saturated rings. The van der Waals surface area contributed by atoms with Crippen LogP contribution in [0.15, 0.2) is 42.1 Å². The van der Waals surface area contributed by atoms with Crippen LogP contribution >= 0.6 is 0 Å². The normalized spacial score (nSPS) is 18.3. The molecular weight excluding hydrogens is 246 g/mol. The number of ether oxygens (including phenoxy) is 2. The zero-order valence-corrected chi connectivity index (χ0v) is 10.8. The smallest absolute Gasteiger partial charge is 0.415 e. The molecule has 100 valence electrons. The van der Waals surface area contributed by atoms with Crippen LogP contribution < -0.4 is 0 Å². The van der Waals surface area contributed by atoms with Gasteiger partial charge in [-0.15, -0.1) is 0 Å². The number of hydrogen-bond donors (Lipinski definition) is 0. The van der Waals surface area contributed by atoms with E-state index in [1.165, 1.54) is 18.1 Å². The lowest BCUT2D eigenvalue weighted by Gasteiger charge is -2.23. The third-order valence-corrected chi connectivity index (χ3v) is 3.00. The number of benzene rings is 1. The number of amides is 1. The molecule has 0 N–H and O–H groups in total. The average molecular weight is 261 g/mol. The van der Waals surface area contributed by atoms with Gasteiger partial charge in [-0.2, -0.15) is 0 Å². The Kier molecular flexibility index (Phi) is 3.85. The number of cyclic esters (lactones) is 1. The highest BCUT2D eigenvalue weighted by molar-refractivity contribution is 5.85. The van der Waals surface area contributed by atoms with Crippen molar-refractivity contribution in [2.24, 2.45) is 0 Å². The molecule has 1 aromatic carbocycles. The monoisotopic (exact) mass is 261 g/mol. The van der Waals surface area contributed by atoms with Crippen molar-refractivity contribution >= 4 is 12.1 Å². The van der Waals surface area contributed by atoms with Crippen molar-refractivity contribution in [1.29, 1.82) is 0 Å². The van der Waals surface area contributed by atoms with Crippen LogP contribution in [-0.4, -0.2) is 30.7 Å². The summed E-state index contributed by atoms with van der Waals surface area (Å²) in [5, 5.41) is 0. The highest BCUT2D eigenvalue weighted by atomic mass is 16.6. The Morgan fingerprint density at radius 3 is 2.74 bits per heavy atom. The minimum atomic E-state index is -0.501. The van der Waals surface area contributed by atoms with Crippen molar-refractivity contribution < 1.29 is 19.1 Å². The van der Waals surface area contributed by atoms with Crippen molar-refractivity contribution in [3.63, 3.8) is 0 Å². The molecule has 0 saturated carbocycles. The standard InChI is InChI=1S/C14H15NO4/c1-10(11-6-4-3-5-7-11)15-12(8-13(16)18-2)9-19-14(15)17/h3-8,10H,9H2,1-2H3/b12-8+/t10-/m0/s1. The number of carbonyl (C=O) groups is 2. The molecule has 1 saturated heterocycles. The molecule has 1 heterocycles. The molecule has 1 aliphatic rings. The lowest BCUT2D eigenvalue weighted by molar-refractivity contribution is -0.134. The summed E-state index contributed by atoms with van der Waals surface area (Å²) in [7, 11) is 1.29. The van der Waals surface area contributed by atoms with Crippen molar-refractivity contribution in [2.45, 2.75) is 13.0 Å². The predicted molar refractivity (Wildman–Crippen MR) is 68.1 cm³/mol. The first-order valence-corrected chi connectivity index (χ1v) is 5.93. The summed E-state index contributed by atoms with van der Waals surface area (Å²) in [5.74, 6) is -0.501. The average Bonchev–Trinajstić information content (AvgIpc) is 2.79. The Balaban J connectivity index is 2.27. The number of esters is 1. The van der Waals surface area contributed by atoms with E-state index >= 15 is 0 Å². The highest BCUT2D eigenvalue weighted by Crippen LogP contribution is 2.29. The van der Waals surface area contributed by atoms with E-state index in [0.717, 1.165) is 5.56 Å². The van der Waals surface area contributed by atoms with E-state index < -0.39 is 12.1 Å². The van der Waals surface area contributed by atoms with E-state index in [-0.39, 0.29) is 12.6 Å². The van der Waals surface area contributed by atoms with Crippen LogP contribution in [0.5, 0.6) is 0 Å². The van der Waals surface area contributed by atoms with Crippen molar-refractivity contribution in [3.05, 3.63) is 47.7 Å². The summed E-state index contributed by atoms with van der Waals surface area (Å²) in [6, 6.07) is 9.35. The summed E-state index contributed by atoms with van der Waals surface area (Å²) >= 11 is 0. The fraction of sp³-hybridized carbons (Fsp3) is 0.286. The molecule has 5 heteroatoms. The first kappa shape index (κ1) is 13.1. The van der Waals surface area contributed by atoms with Gasteiger partial charge in [0.25, 0.3) is 0 Å². The zero-order valence-electron chi connectivity index (χ0n) is 10.8. The van der Waals surface area contributed by atoms with E-state index in [1.807, 2.05) is 37.3 Å². The van der Waals surface area contributed by atoms with Gasteiger partial charge in [0.2, 0.25) is 0 Å². The van der Waals surface area contributed by atoms with E-state index in [2.05, 4.69) is 4.74 Å². The summed E-state index contributed by atoms with van der Waals surface area (Å²) in [5.41, 5.74) is 1.48. The van der Waals surface area contributed by atoms with Gasteiger partial charge in [-0.25, -0.2) is 9.59 Å². The number of rotatable bonds is 3. The Morgan fingerprint density at radius 2 is 2.11 bits per heavy atom. The van der Waals surface area contributed by atoms with Crippen molar-refractivity contribution in [3.8, 4) is 0 Å². The van der Waals surface area contributed by atoms with Crippen LogP contribution in [0.25, 0.3) is 0 Å². The van der Waals surface area contributed by atoms with E-state index in [1.54, 1.807) is 0 Å². The molecule has 0 radical (unpaired) electrons. The molecule has 0 bridgehead atoms. The Morgan fingerprint density at radius 1 is 1.42 bits per heavy atom. The fourth-order valence-corrected chi connectivity index (χ4v) is 1.99. The van der Waals surface area contributed by atoms with Gasteiger partial charge in [0, 0.05) is 6.08 Å². The first-order valence-electron chi connectivity index (χ1n) is 5.93. The van der Waals surface area contributed by atoms with Crippen LogP contribution in [0, 0.1) is 0 Å². The summed E-state index contributed by atoms with van der Waals surface area (Å²) in [6.07, 6.45) is 0.830. The molecule has 0 unspecified atom stereocenters. The second-order valence-electron chi connectivity index (χ2n) is 4.17. The quantitative estimate of drug-likeness (QED) is 0.618. The summed E-state index contributed by atoms with van der Waals surface area (Å²) in [6.45, 7) is 1.97. The minimum absolute atomic E-state index is 0.0884. The Labute approximate surface area is 111 Å². The zero-order chi connectivity index (χ0) is 13.8. The number of methoxy groups -OCH3 is 1.